The number of hydrogen-bond acceptors (Lipinski definition) is 5. The minimum Gasteiger partial charge on any atom is -0.496 e. The van der Waals surface area contributed by atoms with Crippen molar-refractivity contribution in [3.8, 4) is 5.75 Å². The van der Waals surface area contributed by atoms with Gasteiger partial charge in [-0.1, -0.05) is 42.5 Å². The number of nitrogens with zero attached hydrogens (tertiary/aromatic N) is 2. The number of carbonyl (C=O) groups excluding carboxylic acids is 1. The zero-order valence-electron chi connectivity index (χ0n) is 17.4. The molecule has 0 aliphatic carbocycles. The normalized spacial score (nSPS) is 15.6. The number of nitrogens with one attached hydrogen (secondary N) is 1. The Bertz CT molecular complexity index is 994. The van der Waals surface area contributed by atoms with E-state index in [0.717, 1.165) is 30.2 Å². The first-order valence-corrected chi connectivity index (χ1v) is 11.2. The Labute approximate surface area is 181 Å². The van der Waals surface area contributed by atoms with Gasteiger partial charge in [-0.2, -0.15) is 0 Å². The van der Waals surface area contributed by atoms with E-state index in [1.807, 2.05) is 35.2 Å². The number of aromatic nitrogens is 1. The van der Waals surface area contributed by atoms with Gasteiger partial charge in [0.2, 0.25) is 0 Å². The second-order valence-electron chi connectivity index (χ2n) is 7.51. The molecule has 156 valence electrons. The van der Waals surface area contributed by atoms with E-state index in [0.29, 0.717) is 24.4 Å². The molecule has 3 aromatic rings. The van der Waals surface area contributed by atoms with E-state index in [1.54, 1.807) is 18.4 Å². The molecule has 1 saturated heterocycles. The van der Waals surface area contributed by atoms with Gasteiger partial charge in [-0.25, -0.2) is 4.98 Å². The van der Waals surface area contributed by atoms with Crippen LogP contribution in [0.4, 0.5) is 5.13 Å². The van der Waals surface area contributed by atoms with Crippen molar-refractivity contribution in [1.29, 1.82) is 0 Å². The van der Waals surface area contributed by atoms with Gasteiger partial charge in [-0.05, 0) is 37.5 Å². The molecule has 1 aliphatic heterocycles. The van der Waals surface area contributed by atoms with Crippen molar-refractivity contribution in [2.24, 2.45) is 0 Å². The quantitative estimate of drug-likeness (QED) is 0.621. The molecule has 0 saturated carbocycles. The van der Waals surface area contributed by atoms with Crippen LogP contribution in [-0.4, -0.2) is 42.5 Å². The molecule has 4 rings (SSSR count). The molecule has 2 heterocycles. The highest BCUT2D eigenvalue weighted by molar-refractivity contribution is 7.13. The summed E-state index contributed by atoms with van der Waals surface area (Å²) in [6, 6.07) is 18.0. The molecule has 6 heteroatoms. The van der Waals surface area contributed by atoms with Gasteiger partial charge in [0.15, 0.2) is 5.13 Å². The van der Waals surface area contributed by atoms with Crippen molar-refractivity contribution < 1.29 is 9.53 Å². The number of methoxy groups -OCH3 is 1. The van der Waals surface area contributed by atoms with Gasteiger partial charge in [-0.3, -0.25) is 4.79 Å². The summed E-state index contributed by atoms with van der Waals surface area (Å²) in [6.45, 7) is 4.29. The molecule has 1 amide bonds. The molecule has 1 fully saturated rings. The number of ether oxygens (including phenoxy) is 1. The van der Waals surface area contributed by atoms with E-state index in [9.17, 15) is 4.79 Å². The summed E-state index contributed by atoms with van der Waals surface area (Å²) >= 11 is 1.65. The monoisotopic (exact) mass is 421 g/mol. The number of hydrogen-bond donors (Lipinski definition) is 1. The van der Waals surface area contributed by atoms with Crippen LogP contribution in [0, 0.1) is 0 Å². The zero-order valence-corrected chi connectivity index (χ0v) is 18.2. The summed E-state index contributed by atoms with van der Waals surface area (Å²) in [5.74, 6) is 0.651. The molecule has 1 N–H and O–H groups in total. The van der Waals surface area contributed by atoms with E-state index in [2.05, 4.69) is 41.9 Å². The molecule has 0 spiro atoms. The highest BCUT2D eigenvalue weighted by Gasteiger charge is 2.41. The summed E-state index contributed by atoms with van der Waals surface area (Å²) in [5, 5.41) is 6.45. The van der Waals surface area contributed by atoms with Crippen LogP contribution in [0.15, 0.2) is 60.0 Å². The van der Waals surface area contributed by atoms with Crippen LogP contribution in [0.25, 0.3) is 0 Å². The number of benzene rings is 2. The molecular weight excluding hydrogens is 394 g/mol. The lowest BCUT2D eigenvalue weighted by Crippen LogP contribution is -2.46. The summed E-state index contributed by atoms with van der Waals surface area (Å²) in [5.41, 5.74) is 2.81. The Morgan fingerprint density at radius 3 is 2.53 bits per heavy atom. The molecule has 0 bridgehead atoms. The van der Waals surface area contributed by atoms with Gasteiger partial charge in [0.1, 0.15) is 5.75 Å². The minimum atomic E-state index is -0.178. The summed E-state index contributed by atoms with van der Waals surface area (Å²) in [6.07, 6.45) is 1.68. The topological polar surface area (TPSA) is 54.5 Å². The first kappa shape index (κ1) is 20.4. The number of thiazole rings is 1. The fourth-order valence-electron chi connectivity index (χ4n) is 4.26. The van der Waals surface area contributed by atoms with E-state index in [-0.39, 0.29) is 11.3 Å². The third-order valence-corrected chi connectivity index (χ3v) is 6.69. The van der Waals surface area contributed by atoms with Gasteiger partial charge in [-0.15, -0.1) is 11.3 Å². The predicted molar refractivity (Wildman–Crippen MR) is 122 cm³/mol. The third-order valence-electron chi connectivity index (χ3n) is 5.89. The lowest BCUT2D eigenvalue weighted by Gasteiger charge is -2.41. The lowest BCUT2D eigenvalue weighted by atomic mass is 9.70. The number of para-hydroxylation sites is 1. The number of carbonyl (C=O) groups is 1. The Morgan fingerprint density at radius 1 is 1.13 bits per heavy atom. The summed E-state index contributed by atoms with van der Waals surface area (Å²) in [4.78, 5) is 20.0. The fraction of sp³-hybridized carbons (Fsp3) is 0.333. The maximum atomic E-state index is 13.2. The van der Waals surface area contributed by atoms with Crippen LogP contribution < -0.4 is 10.1 Å². The van der Waals surface area contributed by atoms with Gasteiger partial charge in [0, 0.05) is 30.4 Å². The maximum absolute atomic E-state index is 13.2. The highest BCUT2D eigenvalue weighted by atomic mass is 32.1. The maximum Gasteiger partial charge on any atom is 0.257 e. The number of anilines is 1. The SMILES string of the molecule is CCNc1nc(C2(c3ccccc3)CCN(C(=O)c3ccccc3OC)CC2)cs1. The van der Waals surface area contributed by atoms with Gasteiger partial charge >= 0.3 is 0 Å². The number of likely N-dealkylation sites (tertiary alicyclic amines) is 1. The Balaban J connectivity index is 1.61. The van der Waals surface area contributed by atoms with Crippen LogP contribution in [-0.2, 0) is 5.41 Å². The minimum absolute atomic E-state index is 0.0285. The molecule has 0 unspecified atom stereocenters. The van der Waals surface area contributed by atoms with Crippen molar-refractivity contribution in [1.82, 2.24) is 9.88 Å². The van der Waals surface area contributed by atoms with Crippen molar-refractivity contribution in [2.75, 3.05) is 32.1 Å². The fourth-order valence-corrected chi connectivity index (χ4v) is 5.14. The van der Waals surface area contributed by atoms with Crippen LogP contribution in [0.5, 0.6) is 5.75 Å². The first-order chi connectivity index (χ1) is 14.7. The number of amides is 1. The largest absolute Gasteiger partial charge is 0.496 e. The zero-order chi connectivity index (χ0) is 21.0. The predicted octanol–water partition coefficient (Wildman–Crippen LogP) is 4.81. The average Bonchev–Trinajstić information content (AvgIpc) is 3.28. The first-order valence-electron chi connectivity index (χ1n) is 10.4. The summed E-state index contributed by atoms with van der Waals surface area (Å²) in [7, 11) is 1.60. The molecule has 1 aliphatic rings. The summed E-state index contributed by atoms with van der Waals surface area (Å²) < 4.78 is 5.40. The molecule has 1 aromatic heterocycles. The van der Waals surface area contributed by atoms with Gasteiger partial charge < -0.3 is 15.0 Å². The lowest BCUT2D eigenvalue weighted by molar-refractivity contribution is 0.0681. The Hall–Kier alpha value is -2.86. The molecule has 30 heavy (non-hydrogen) atoms. The van der Waals surface area contributed by atoms with Gasteiger partial charge in [0.25, 0.3) is 5.91 Å². The molecule has 2 aromatic carbocycles. The molecular formula is C24H27N3O2S. The van der Waals surface area contributed by atoms with E-state index < -0.39 is 0 Å². The standard InChI is InChI=1S/C24H27N3O2S/c1-3-25-23-26-21(17-30-23)24(18-9-5-4-6-10-18)13-15-27(16-14-24)22(28)19-11-7-8-12-20(19)29-2/h4-12,17H,3,13-16H2,1-2H3,(H,25,26). The van der Waals surface area contributed by atoms with Crippen LogP contribution >= 0.6 is 11.3 Å². The van der Waals surface area contributed by atoms with Crippen molar-refractivity contribution >= 4 is 22.4 Å². The van der Waals surface area contributed by atoms with Crippen molar-refractivity contribution in [3.05, 3.63) is 76.8 Å². The van der Waals surface area contributed by atoms with E-state index >= 15 is 0 Å². The van der Waals surface area contributed by atoms with E-state index in [4.69, 9.17) is 9.72 Å². The molecule has 0 atom stereocenters. The second-order valence-corrected chi connectivity index (χ2v) is 8.37. The number of rotatable bonds is 6. The van der Waals surface area contributed by atoms with Crippen LogP contribution in [0.1, 0.15) is 41.4 Å². The van der Waals surface area contributed by atoms with Crippen LogP contribution in [0.3, 0.4) is 0 Å². The van der Waals surface area contributed by atoms with Crippen molar-refractivity contribution in [2.45, 2.75) is 25.2 Å². The van der Waals surface area contributed by atoms with Crippen molar-refractivity contribution in [3.63, 3.8) is 0 Å². The smallest absolute Gasteiger partial charge is 0.257 e. The molecule has 5 nitrogen and oxygen atoms in total. The second kappa shape index (κ2) is 8.88. The van der Waals surface area contributed by atoms with Crippen LogP contribution in [0.2, 0.25) is 0 Å². The van der Waals surface area contributed by atoms with E-state index in [1.165, 1.54) is 5.56 Å². The molecule has 0 radical (unpaired) electrons. The number of piperidine rings is 1. The Morgan fingerprint density at radius 2 is 1.83 bits per heavy atom. The Kier molecular flexibility index (Phi) is 6.04. The van der Waals surface area contributed by atoms with Gasteiger partial charge in [0.05, 0.1) is 18.4 Å². The average molecular weight is 422 g/mol. The third kappa shape index (κ3) is 3.79. The highest BCUT2D eigenvalue weighted by Crippen LogP contribution is 2.43.